The summed E-state index contributed by atoms with van der Waals surface area (Å²) in [6.45, 7) is 2.37. The molecule has 0 aliphatic carbocycles. The van der Waals surface area contributed by atoms with Crippen molar-refractivity contribution in [2.75, 3.05) is 27.4 Å². The second-order valence-electron chi connectivity index (χ2n) is 5.18. The molecule has 0 saturated carbocycles. The van der Waals surface area contributed by atoms with Crippen molar-refractivity contribution in [3.63, 3.8) is 0 Å². The van der Waals surface area contributed by atoms with Crippen LogP contribution in [0.3, 0.4) is 0 Å². The van der Waals surface area contributed by atoms with Crippen LogP contribution in [0.2, 0.25) is 0 Å². The van der Waals surface area contributed by atoms with Gasteiger partial charge in [0.15, 0.2) is 12.4 Å². The van der Waals surface area contributed by atoms with Gasteiger partial charge < -0.3 is 23.5 Å². The number of carbonyl (C=O) groups is 1. The van der Waals surface area contributed by atoms with Gasteiger partial charge in [-0.05, 0) is 31.2 Å². The average molecular weight is 347 g/mol. The summed E-state index contributed by atoms with van der Waals surface area (Å²) in [7, 11) is 2.87. The van der Waals surface area contributed by atoms with Crippen LogP contribution in [0, 0.1) is 6.92 Å². The van der Waals surface area contributed by atoms with Gasteiger partial charge >= 0.3 is 5.97 Å². The number of hydrogen-bond donors (Lipinski definition) is 0. The lowest BCUT2D eigenvalue weighted by Gasteiger charge is -2.15. The summed E-state index contributed by atoms with van der Waals surface area (Å²) in [6.07, 6.45) is 1.67. The molecule has 0 aliphatic rings. The first-order valence-corrected chi connectivity index (χ1v) is 7.71. The van der Waals surface area contributed by atoms with Gasteiger partial charge in [0, 0.05) is 12.3 Å². The van der Waals surface area contributed by atoms with Gasteiger partial charge in [0.25, 0.3) is 0 Å². The molecular weight excluding hydrogens is 326 g/mol. The SMILES string of the molecule is COC(=O)COc1c(C)n(CCOc2ccc(OC)cc2)ccc1=O. The first kappa shape index (κ1) is 18.4. The van der Waals surface area contributed by atoms with Crippen LogP contribution in [0.5, 0.6) is 17.2 Å². The highest BCUT2D eigenvalue weighted by Crippen LogP contribution is 2.17. The van der Waals surface area contributed by atoms with Gasteiger partial charge in [-0.15, -0.1) is 0 Å². The number of nitrogens with zero attached hydrogens (tertiary/aromatic N) is 1. The third-order valence-electron chi connectivity index (χ3n) is 3.61. The van der Waals surface area contributed by atoms with E-state index in [4.69, 9.17) is 14.2 Å². The van der Waals surface area contributed by atoms with E-state index in [1.54, 1.807) is 20.2 Å². The van der Waals surface area contributed by atoms with Gasteiger partial charge in [-0.25, -0.2) is 4.79 Å². The molecule has 1 aromatic carbocycles. The predicted molar refractivity (Wildman–Crippen MR) is 91.4 cm³/mol. The molecule has 0 radical (unpaired) electrons. The number of aromatic nitrogens is 1. The standard InChI is InChI=1S/C18H21NO6/c1-13-18(25-12-17(21)23-3)16(20)8-9-19(13)10-11-24-15-6-4-14(22-2)5-7-15/h4-9H,10-12H2,1-3H3. The summed E-state index contributed by atoms with van der Waals surface area (Å²) in [4.78, 5) is 23.1. The Morgan fingerprint density at radius 2 is 1.72 bits per heavy atom. The molecule has 2 aromatic rings. The van der Waals surface area contributed by atoms with Crippen molar-refractivity contribution < 1.29 is 23.7 Å². The minimum absolute atomic E-state index is 0.136. The molecule has 0 aliphatic heterocycles. The summed E-state index contributed by atoms with van der Waals surface area (Å²) in [5, 5.41) is 0. The first-order valence-electron chi connectivity index (χ1n) is 7.71. The fraction of sp³-hybridized carbons (Fsp3) is 0.333. The highest BCUT2D eigenvalue weighted by molar-refractivity contribution is 5.70. The van der Waals surface area contributed by atoms with Crippen LogP contribution in [0.1, 0.15) is 5.69 Å². The van der Waals surface area contributed by atoms with Crippen LogP contribution in [0.4, 0.5) is 0 Å². The Morgan fingerprint density at radius 1 is 1.04 bits per heavy atom. The minimum atomic E-state index is -0.544. The third kappa shape index (κ3) is 5.00. The van der Waals surface area contributed by atoms with Crippen molar-refractivity contribution in [2.24, 2.45) is 0 Å². The Hall–Kier alpha value is -2.96. The molecule has 7 heteroatoms. The molecule has 1 heterocycles. The normalized spacial score (nSPS) is 10.2. The zero-order chi connectivity index (χ0) is 18.2. The zero-order valence-corrected chi connectivity index (χ0v) is 14.5. The van der Waals surface area contributed by atoms with Gasteiger partial charge in [0.2, 0.25) is 5.43 Å². The van der Waals surface area contributed by atoms with E-state index in [9.17, 15) is 9.59 Å². The molecule has 0 amide bonds. The minimum Gasteiger partial charge on any atom is -0.497 e. The van der Waals surface area contributed by atoms with Gasteiger partial charge in [0.05, 0.1) is 26.5 Å². The fourth-order valence-electron chi connectivity index (χ4n) is 2.20. The van der Waals surface area contributed by atoms with E-state index in [1.807, 2.05) is 28.8 Å². The summed E-state index contributed by atoms with van der Waals surface area (Å²) in [6, 6.07) is 8.68. The molecule has 2 rings (SSSR count). The van der Waals surface area contributed by atoms with Crippen LogP contribution in [0.25, 0.3) is 0 Å². The van der Waals surface area contributed by atoms with E-state index in [0.29, 0.717) is 18.8 Å². The van der Waals surface area contributed by atoms with E-state index < -0.39 is 5.97 Å². The van der Waals surface area contributed by atoms with Crippen LogP contribution in [0.15, 0.2) is 41.3 Å². The van der Waals surface area contributed by atoms with Crippen LogP contribution < -0.4 is 19.6 Å². The van der Waals surface area contributed by atoms with Gasteiger partial charge in [-0.2, -0.15) is 0 Å². The van der Waals surface area contributed by atoms with Crippen LogP contribution in [-0.2, 0) is 16.1 Å². The molecule has 134 valence electrons. The third-order valence-corrected chi connectivity index (χ3v) is 3.61. The molecule has 0 spiro atoms. The van der Waals surface area contributed by atoms with Crippen molar-refractivity contribution in [1.82, 2.24) is 4.57 Å². The smallest absolute Gasteiger partial charge is 0.343 e. The molecule has 7 nitrogen and oxygen atoms in total. The quantitative estimate of drug-likeness (QED) is 0.678. The Bertz CT molecular complexity index is 766. The van der Waals surface area contributed by atoms with Crippen LogP contribution >= 0.6 is 0 Å². The van der Waals surface area contributed by atoms with E-state index in [0.717, 1.165) is 11.5 Å². The maximum absolute atomic E-state index is 11.9. The zero-order valence-electron chi connectivity index (χ0n) is 14.5. The largest absolute Gasteiger partial charge is 0.497 e. The number of hydrogen-bond acceptors (Lipinski definition) is 6. The summed E-state index contributed by atoms with van der Waals surface area (Å²) < 4.78 is 22.4. The fourth-order valence-corrected chi connectivity index (χ4v) is 2.20. The molecule has 0 saturated heterocycles. The van der Waals surface area contributed by atoms with Gasteiger partial charge in [-0.1, -0.05) is 0 Å². The summed E-state index contributed by atoms with van der Waals surface area (Å²) in [5.41, 5.74) is 0.337. The Balaban J connectivity index is 1.99. The molecule has 1 aromatic heterocycles. The van der Waals surface area contributed by atoms with E-state index in [2.05, 4.69) is 4.74 Å². The highest BCUT2D eigenvalue weighted by Gasteiger charge is 2.11. The van der Waals surface area contributed by atoms with Gasteiger partial charge in [0.1, 0.15) is 18.1 Å². The summed E-state index contributed by atoms with van der Waals surface area (Å²) in [5.74, 6) is 1.08. The molecule has 0 unspecified atom stereocenters. The second kappa shape index (κ2) is 8.77. The van der Waals surface area contributed by atoms with E-state index in [1.165, 1.54) is 13.2 Å². The van der Waals surface area contributed by atoms with Crippen molar-refractivity contribution in [1.29, 1.82) is 0 Å². The number of ether oxygens (including phenoxy) is 4. The Labute approximate surface area is 145 Å². The number of benzene rings is 1. The van der Waals surface area contributed by atoms with Crippen molar-refractivity contribution in [3.05, 3.63) is 52.4 Å². The number of carbonyl (C=O) groups excluding carboxylic acids is 1. The number of pyridine rings is 1. The van der Waals surface area contributed by atoms with Crippen LogP contribution in [-0.4, -0.2) is 38.0 Å². The highest BCUT2D eigenvalue weighted by atomic mass is 16.6. The lowest BCUT2D eigenvalue weighted by atomic mass is 10.3. The maximum atomic E-state index is 11.9. The molecule has 25 heavy (non-hydrogen) atoms. The number of esters is 1. The lowest BCUT2D eigenvalue weighted by Crippen LogP contribution is -2.21. The average Bonchev–Trinajstić information content (AvgIpc) is 2.63. The predicted octanol–water partition coefficient (Wildman–Crippen LogP) is 1.80. The first-order chi connectivity index (χ1) is 12.0. The maximum Gasteiger partial charge on any atom is 0.343 e. The molecule has 0 fully saturated rings. The summed E-state index contributed by atoms with van der Waals surface area (Å²) >= 11 is 0. The van der Waals surface area contributed by atoms with Crippen molar-refractivity contribution in [2.45, 2.75) is 13.5 Å². The number of methoxy groups -OCH3 is 2. The van der Waals surface area contributed by atoms with Crippen molar-refractivity contribution >= 4 is 5.97 Å². The molecule has 0 bridgehead atoms. The Kier molecular flexibility index (Phi) is 6.45. The van der Waals surface area contributed by atoms with Gasteiger partial charge in [-0.3, -0.25) is 4.79 Å². The van der Waals surface area contributed by atoms with E-state index >= 15 is 0 Å². The Morgan fingerprint density at radius 3 is 2.36 bits per heavy atom. The monoisotopic (exact) mass is 347 g/mol. The molecule has 0 atom stereocenters. The molecule has 0 N–H and O–H groups in total. The van der Waals surface area contributed by atoms with E-state index in [-0.39, 0.29) is 17.8 Å². The topological polar surface area (TPSA) is 76.0 Å². The number of rotatable bonds is 8. The second-order valence-corrected chi connectivity index (χ2v) is 5.18. The lowest BCUT2D eigenvalue weighted by molar-refractivity contribution is -0.142. The van der Waals surface area contributed by atoms with Crippen molar-refractivity contribution in [3.8, 4) is 17.2 Å². The molecular formula is C18H21NO6.